The van der Waals surface area contributed by atoms with Crippen molar-refractivity contribution in [2.75, 3.05) is 13.7 Å². The van der Waals surface area contributed by atoms with E-state index in [2.05, 4.69) is 13.0 Å². The van der Waals surface area contributed by atoms with Crippen molar-refractivity contribution in [1.82, 2.24) is 0 Å². The summed E-state index contributed by atoms with van der Waals surface area (Å²) in [6.07, 6.45) is 3.59. The summed E-state index contributed by atoms with van der Waals surface area (Å²) >= 11 is 0. The summed E-state index contributed by atoms with van der Waals surface area (Å²) in [4.78, 5) is 0. The highest BCUT2D eigenvalue weighted by atomic mass is 16.5. The van der Waals surface area contributed by atoms with Crippen LogP contribution in [0.2, 0.25) is 0 Å². The molecule has 0 atom stereocenters. The molecule has 0 heterocycles. The molecule has 1 aromatic carbocycles. The minimum absolute atomic E-state index is 0.493. The molecule has 96 valence electrons. The van der Waals surface area contributed by atoms with Crippen LogP contribution in [0, 0.1) is 0 Å². The Morgan fingerprint density at radius 3 is 2.71 bits per heavy atom. The first-order valence-electron chi connectivity index (χ1n) is 6.25. The minimum atomic E-state index is 0.493. The quantitative estimate of drug-likeness (QED) is 0.707. The van der Waals surface area contributed by atoms with Crippen molar-refractivity contribution in [3.05, 3.63) is 29.3 Å². The number of unbranched alkanes of at least 4 members (excludes halogenated alkanes) is 2. The Hall–Kier alpha value is -1.06. The Labute approximate surface area is 104 Å². The summed E-state index contributed by atoms with van der Waals surface area (Å²) in [6, 6.07) is 6.03. The molecule has 0 radical (unpaired) electrons. The van der Waals surface area contributed by atoms with Crippen LogP contribution in [0.3, 0.4) is 0 Å². The summed E-state index contributed by atoms with van der Waals surface area (Å²) in [7, 11) is 1.66. The lowest BCUT2D eigenvalue weighted by Crippen LogP contribution is -2.02. The Kier molecular flexibility index (Phi) is 6.67. The average Bonchev–Trinajstić information content (AvgIpc) is 2.38. The van der Waals surface area contributed by atoms with Crippen LogP contribution in [0.25, 0.3) is 0 Å². The van der Waals surface area contributed by atoms with Gasteiger partial charge in [0.15, 0.2) is 0 Å². The van der Waals surface area contributed by atoms with Gasteiger partial charge in [0.1, 0.15) is 5.75 Å². The van der Waals surface area contributed by atoms with Gasteiger partial charge in [0.25, 0.3) is 0 Å². The minimum Gasteiger partial charge on any atom is -0.496 e. The normalized spacial score (nSPS) is 10.5. The number of methoxy groups -OCH3 is 1. The van der Waals surface area contributed by atoms with Crippen LogP contribution in [-0.2, 0) is 17.9 Å². The molecule has 0 unspecified atom stereocenters. The van der Waals surface area contributed by atoms with E-state index in [1.54, 1.807) is 7.11 Å². The van der Waals surface area contributed by atoms with Gasteiger partial charge < -0.3 is 15.2 Å². The van der Waals surface area contributed by atoms with Gasteiger partial charge in [0.05, 0.1) is 13.7 Å². The molecule has 0 bridgehead atoms. The molecule has 0 aliphatic rings. The third-order valence-corrected chi connectivity index (χ3v) is 2.73. The second-order valence-electron chi connectivity index (χ2n) is 4.11. The zero-order valence-electron chi connectivity index (χ0n) is 10.9. The lowest BCUT2D eigenvalue weighted by molar-refractivity contribution is 0.117. The van der Waals surface area contributed by atoms with Crippen LogP contribution in [0.5, 0.6) is 5.75 Å². The van der Waals surface area contributed by atoms with Gasteiger partial charge >= 0.3 is 0 Å². The number of ether oxygens (including phenoxy) is 2. The molecular formula is C14H23NO2. The van der Waals surface area contributed by atoms with E-state index in [1.807, 2.05) is 12.1 Å². The molecule has 1 rings (SSSR count). The van der Waals surface area contributed by atoms with Gasteiger partial charge in [-0.1, -0.05) is 25.8 Å². The number of hydrogen-bond acceptors (Lipinski definition) is 3. The van der Waals surface area contributed by atoms with Crippen molar-refractivity contribution in [2.45, 2.75) is 39.3 Å². The van der Waals surface area contributed by atoms with Crippen LogP contribution in [0.1, 0.15) is 37.3 Å². The maximum absolute atomic E-state index is 5.67. The van der Waals surface area contributed by atoms with E-state index in [9.17, 15) is 0 Å². The predicted octanol–water partition coefficient (Wildman–Crippen LogP) is 2.86. The van der Waals surface area contributed by atoms with Gasteiger partial charge in [0.2, 0.25) is 0 Å². The fraction of sp³-hybridized carbons (Fsp3) is 0.571. The molecule has 0 fully saturated rings. The fourth-order valence-electron chi connectivity index (χ4n) is 1.73. The summed E-state index contributed by atoms with van der Waals surface area (Å²) in [5.41, 5.74) is 7.85. The third kappa shape index (κ3) is 4.75. The third-order valence-electron chi connectivity index (χ3n) is 2.73. The first-order chi connectivity index (χ1) is 8.31. The molecule has 0 saturated carbocycles. The fourth-order valence-corrected chi connectivity index (χ4v) is 1.73. The molecule has 0 spiro atoms. The Balaban J connectivity index is 2.43. The average molecular weight is 237 g/mol. The van der Waals surface area contributed by atoms with Gasteiger partial charge in [-0.05, 0) is 24.1 Å². The van der Waals surface area contributed by atoms with E-state index in [4.69, 9.17) is 15.2 Å². The molecular weight excluding hydrogens is 214 g/mol. The summed E-state index contributed by atoms with van der Waals surface area (Å²) in [5, 5.41) is 0. The highest BCUT2D eigenvalue weighted by Gasteiger charge is 2.02. The summed E-state index contributed by atoms with van der Waals surface area (Å²) < 4.78 is 10.8. The van der Waals surface area contributed by atoms with Crippen molar-refractivity contribution in [3.63, 3.8) is 0 Å². The summed E-state index contributed by atoms with van der Waals surface area (Å²) in [6.45, 7) is 4.17. The number of nitrogens with two attached hydrogens (primary N) is 1. The lowest BCUT2D eigenvalue weighted by atomic mass is 10.1. The molecule has 3 nitrogen and oxygen atoms in total. The highest BCUT2D eigenvalue weighted by Crippen LogP contribution is 2.19. The number of rotatable bonds is 8. The zero-order valence-corrected chi connectivity index (χ0v) is 10.9. The second kappa shape index (κ2) is 8.09. The van der Waals surface area contributed by atoms with Gasteiger partial charge in [-0.2, -0.15) is 0 Å². The first kappa shape index (κ1) is 14.0. The van der Waals surface area contributed by atoms with E-state index >= 15 is 0 Å². The Bertz CT molecular complexity index is 326. The second-order valence-corrected chi connectivity index (χ2v) is 4.11. The molecule has 0 aliphatic carbocycles. The van der Waals surface area contributed by atoms with Crippen LogP contribution in [0.4, 0.5) is 0 Å². The van der Waals surface area contributed by atoms with E-state index in [0.29, 0.717) is 13.2 Å². The zero-order chi connectivity index (χ0) is 12.5. The smallest absolute Gasteiger partial charge is 0.123 e. The first-order valence-corrected chi connectivity index (χ1v) is 6.25. The number of benzene rings is 1. The molecule has 17 heavy (non-hydrogen) atoms. The monoisotopic (exact) mass is 237 g/mol. The van der Waals surface area contributed by atoms with E-state index in [1.165, 1.54) is 12.8 Å². The van der Waals surface area contributed by atoms with Crippen molar-refractivity contribution in [1.29, 1.82) is 0 Å². The van der Waals surface area contributed by atoms with Crippen molar-refractivity contribution < 1.29 is 9.47 Å². The Morgan fingerprint density at radius 2 is 2.06 bits per heavy atom. The molecule has 0 aromatic heterocycles. The molecule has 1 aromatic rings. The van der Waals surface area contributed by atoms with Gasteiger partial charge in [0, 0.05) is 18.7 Å². The SMILES string of the molecule is CCCCCOCc1ccc(OC)c(CN)c1. The van der Waals surface area contributed by atoms with Crippen LogP contribution < -0.4 is 10.5 Å². The van der Waals surface area contributed by atoms with Crippen LogP contribution in [-0.4, -0.2) is 13.7 Å². The molecule has 3 heteroatoms. The maximum Gasteiger partial charge on any atom is 0.123 e. The standard InChI is InChI=1S/C14H23NO2/c1-3-4-5-8-17-11-12-6-7-14(16-2)13(9-12)10-15/h6-7,9H,3-5,8,10-11,15H2,1-2H3. The maximum atomic E-state index is 5.67. The van der Waals surface area contributed by atoms with Gasteiger partial charge in [-0.15, -0.1) is 0 Å². The van der Waals surface area contributed by atoms with Crippen LogP contribution in [0.15, 0.2) is 18.2 Å². The van der Waals surface area contributed by atoms with Crippen LogP contribution >= 0.6 is 0 Å². The Morgan fingerprint density at radius 1 is 1.24 bits per heavy atom. The summed E-state index contributed by atoms with van der Waals surface area (Å²) in [5.74, 6) is 0.849. The highest BCUT2D eigenvalue weighted by molar-refractivity contribution is 5.36. The largest absolute Gasteiger partial charge is 0.496 e. The molecule has 2 N–H and O–H groups in total. The van der Waals surface area contributed by atoms with Crippen molar-refractivity contribution in [2.24, 2.45) is 5.73 Å². The van der Waals surface area contributed by atoms with Gasteiger partial charge in [-0.3, -0.25) is 0 Å². The van der Waals surface area contributed by atoms with Gasteiger partial charge in [-0.25, -0.2) is 0 Å². The number of hydrogen-bond donors (Lipinski definition) is 1. The molecule has 0 aliphatic heterocycles. The molecule has 0 amide bonds. The predicted molar refractivity (Wildman–Crippen MR) is 70.1 cm³/mol. The van der Waals surface area contributed by atoms with Crippen molar-refractivity contribution >= 4 is 0 Å². The van der Waals surface area contributed by atoms with E-state index < -0.39 is 0 Å². The van der Waals surface area contributed by atoms with E-state index in [0.717, 1.165) is 29.9 Å². The lowest BCUT2D eigenvalue weighted by Gasteiger charge is -2.09. The van der Waals surface area contributed by atoms with Crippen molar-refractivity contribution in [3.8, 4) is 5.75 Å². The molecule has 0 saturated heterocycles. The topological polar surface area (TPSA) is 44.5 Å². The van der Waals surface area contributed by atoms with E-state index in [-0.39, 0.29) is 0 Å².